The highest BCUT2D eigenvalue weighted by molar-refractivity contribution is 8.00. The lowest BCUT2D eigenvalue weighted by Crippen LogP contribution is -2.62. The van der Waals surface area contributed by atoms with Crippen LogP contribution in [0.3, 0.4) is 0 Å². The molecule has 0 spiro atoms. The van der Waals surface area contributed by atoms with Crippen LogP contribution in [0.4, 0.5) is 0 Å². The molecule has 1 amide bonds. The van der Waals surface area contributed by atoms with Crippen molar-refractivity contribution in [3.8, 4) is 0 Å². The summed E-state index contributed by atoms with van der Waals surface area (Å²) < 4.78 is 6.33. The zero-order valence-corrected chi connectivity index (χ0v) is 14.8. The van der Waals surface area contributed by atoms with Crippen LogP contribution in [0.15, 0.2) is 12.7 Å². The Kier molecular flexibility index (Phi) is 5.32. The second kappa shape index (κ2) is 6.02. The van der Waals surface area contributed by atoms with Gasteiger partial charge < -0.3 is 9.74 Å². The molecule has 1 saturated heterocycles. The van der Waals surface area contributed by atoms with E-state index in [1.807, 2.05) is 13.0 Å². The quantitative estimate of drug-likeness (QED) is 0.464. The molecule has 110 valence electrons. The molecule has 3 atom stereocenters. The van der Waals surface area contributed by atoms with Crippen molar-refractivity contribution in [2.45, 2.75) is 57.3 Å². The minimum absolute atomic E-state index is 0.0167. The molecule has 19 heavy (non-hydrogen) atoms. The maximum absolute atomic E-state index is 11.8. The van der Waals surface area contributed by atoms with Crippen molar-refractivity contribution in [1.29, 1.82) is 0 Å². The Morgan fingerprint density at radius 2 is 2.11 bits per heavy atom. The average Bonchev–Trinajstić information content (AvgIpc) is 2.20. The van der Waals surface area contributed by atoms with E-state index in [0.29, 0.717) is 0 Å². The van der Waals surface area contributed by atoms with Crippen LogP contribution in [-0.2, 0) is 9.22 Å². The largest absolute Gasteiger partial charge is 0.413 e. The van der Waals surface area contributed by atoms with E-state index in [4.69, 9.17) is 4.43 Å². The van der Waals surface area contributed by atoms with Crippen molar-refractivity contribution in [2.75, 3.05) is 5.75 Å². The third kappa shape index (κ3) is 3.86. The third-order valence-corrected chi connectivity index (χ3v) is 9.87. The van der Waals surface area contributed by atoms with Crippen molar-refractivity contribution in [1.82, 2.24) is 5.32 Å². The second-order valence-electron chi connectivity index (χ2n) is 6.66. The van der Waals surface area contributed by atoms with E-state index in [1.165, 1.54) is 0 Å². The first-order valence-corrected chi connectivity index (χ1v) is 10.8. The van der Waals surface area contributed by atoms with Crippen LogP contribution < -0.4 is 5.32 Å². The fourth-order valence-electron chi connectivity index (χ4n) is 1.86. The summed E-state index contributed by atoms with van der Waals surface area (Å²) in [5, 5.41) is 3.29. The Labute approximate surface area is 122 Å². The van der Waals surface area contributed by atoms with Gasteiger partial charge in [0.25, 0.3) is 0 Å². The summed E-state index contributed by atoms with van der Waals surface area (Å²) >= 11 is 1.72. The summed E-state index contributed by atoms with van der Waals surface area (Å²) in [5.41, 5.74) is 0. The van der Waals surface area contributed by atoms with Gasteiger partial charge in [0, 0.05) is 5.75 Å². The SMILES string of the molecule is C=CCSC1NC(=O)C1[C@H](C)O[Si](C)(C)C(C)(C)C. The van der Waals surface area contributed by atoms with Gasteiger partial charge in [0.05, 0.1) is 17.4 Å². The number of hydrogen-bond acceptors (Lipinski definition) is 3. The summed E-state index contributed by atoms with van der Waals surface area (Å²) in [5.74, 6) is 0.945. The Balaban J connectivity index is 2.64. The van der Waals surface area contributed by atoms with Gasteiger partial charge in [-0.2, -0.15) is 0 Å². The zero-order valence-electron chi connectivity index (χ0n) is 12.9. The van der Waals surface area contributed by atoms with E-state index < -0.39 is 8.32 Å². The lowest BCUT2D eigenvalue weighted by Gasteiger charge is -2.45. The maximum Gasteiger partial charge on any atom is 0.229 e. The smallest absolute Gasteiger partial charge is 0.229 e. The summed E-state index contributed by atoms with van der Waals surface area (Å²) in [6.07, 6.45) is 1.85. The van der Waals surface area contributed by atoms with Gasteiger partial charge in [0.1, 0.15) is 0 Å². The molecule has 5 heteroatoms. The molecule has 3 nitrogen and oxygen atoms in total. The van der Waals surface area contributed by atoms with Crippen LogP contribution in [0.25, 0.3) is 0 Å². The number of hydrogen-bond donors (Lipinski definition) is 1. The van der Waals surface area contributed by atoms with Crippen molar-refractivity contribution in [2.24, 2.45) is 5.92 Å². The molecule has 0 radical (unpaired) electrons. The van der Waals surface area contributed by atoms with E-state index in [0.717, 1.165) is 5.75 Å². The van der Waals surface area contributed by atoms with Crippen molar-refractivity contribution in [3.05, 3.63) is 12.7 Å². The van der Waals surface area contributed by atoms with Gasteiger partial charge in [0.15, 0.2) is 8.32 Å². The standard InChI is InChI=1S/C14H27NO2SSi/c1-8-9-18-13-11(12(16)15-13)10(2)17-19(6,7)14(3,4)5/h8,10-11,13H,1,9H2,2-7H3,(H,15,16)/t10-,11?,13?/m0/s1. The van der Waals surface area contributed by atoms with Crippen LogP contribution in [0.2, 0.25) is 18.1 Å². The maximum atomic E-state index is 11.8. The number of rotatable bonds is 6. The summed E-state index contributed by atoms with van der Waals surface area (Å²) in [7, 11) is -1.81. The number of carbonyl (C=O) groups is 1. The number of nitrogens with one attached hydrogen (secondary N) is 1. The molecule has 1 rings (SSSR count). The lowest BCUT2D eigenvalue weighted by atomic mass is 9.96. The number of amides is 1. The van der Waals surface area contributed by atoms with Crippen LogP contribution in [0.1, 0.15) is 27.7 Å². The van der Waals surface area contributed by atoms with Crippen LogP contribution in [-0.4, -0.2) is 31.5 Å². The van der Waals surface area contributed by atoms with Gasteiger partial charge in [-0.05, 0) is 25.1 Å². The summed E-state index contributed by atoms with van der Waals surface area (Å²) in [4.78, 5) is 11.8. The third-order valence-electron chi connectivity index (χ3n) is 4.10. The van der Waals surface area contributed by atoms with Crippen molar-refractivity contribution < 1.29 is 9.22 Å². The second-order valence-corrected chi connectivity index (χ2v) is 12.6. The molecule has 0 bridgehead atoms. The first-order valence-electron chi connectivity index (χ1n) is 6.81. The lowest BCUT2D eigenvalue weighted by molar-refractivity contribution is -0.136. The van der Waals surface area contributed by atoms with Gasteiger partial charge >= 0.3 is 0 Å². The highest BCUT2D eigenvalue weighted by Gasteiger charge is 2.47. The van der Waals surface area contributed by atoms with Gasteiger partial charge in [-0.25, -0.2) is 0 Å². The molecular formula is C14H27NO2SSi. The monoisotopic (exact) mass is 301 g/mol. The normalized spacial score (nSPS) is 25.5. The van der Waals surface area contributed by atoms with Gasteiger partial charge in [-0.1, -0.05) is 26.8 Å². The van der Waals surface area contributed by atoms with Crippen molar-refractivity contribution >= 4 is 26.0 Å². The molecule has 1 aliphatic rings. The van der Waals surface area contributed by atoms with Gasteiger partial charge in [-0.15, -0.1) is 18.3 Å². The van der Waals surface area contributed by atoms with Gasteiger partial charge in [0.2, 0.25) is 5.91 Å². The fourth-order valence-corrected chi connectivity index (χ4v) is 4.38. The molecule has 1 heterocycles. The molecule has 0 aromatic heterocycles. The molecule has 2 unspecified atom stereocenters. The van der Waals surface area contributed by atoms with Crippen molar-refractivity contribution in [3.63, 3.8) is 0 Å². The number of thioether (sulfide) groups is 1. The first-order chi connectivity index (χ1) is 8.60. The van der Waals surface area contributed by atoms with Crippen LogP contribution in [0, 0.1) is 5.92 Å². The first kappa shape index (κ1) is 16.8. The average molecular weight is 302 g/mol. The minimum Gasteiger partial charge on any atom is -0.413 e. The highest BCUT2D eigenvalue weighted by atomic mass is 32.2. The Bertz CT molecular complexity index is 352. The Hall–Kier alpha value is -0.263. The fraction of sp³-hybridized carbons (Fsp3) is 0.786. The van der Waals surface area contributed by atoms with Gasteiger partial charge in [-0.3, -0.25) is 4.79 Å². The Morgan fingerprint density at radius 3 is 2.53 bits per heavy atom. The van der Waals surface area contributed by atoms with Crippen LogP contribution >= 0.6 is 11.8 Å². The van der Waals surface area contributed by atoms with E-state index in [9.17, 15) is 4.79 Å². The topological polar surface area (TPSA) is 38.3 Å². The van der Waals surface area contributed by atoms with E-state index in [1.54, 1.807) is 11.8 Å². The minimum atomic E-state index is -1.81. The molecule has 0 saturated carbocycles. The predicted molar refractivity (Wildman–Crippen MR) is 85.8 cm³/mol. The molecule has 1 fully saturated rings. The molecule has 0 aromatic rings. The van der Waals surface area contributed by atoms with E-state index >= 15 is 0 Å². The molecule has 0 aliphatic carbocycles. The zero-order chi connectivity index (χ0) is 14.8. The highest BCUT2D eigenvalue weighted by Crippen LogP contribution is 2.39. The van der Waals surface area contributed by atoms with E-state index in [2.05, 4.69) is 45.8 Å². The summed E-state index contributed by atoms with van der Waals surface area (Å²) in [6, 6.07) is 0. The Morgan fingerprint density at radius 1 is 1.53 bits per heavy atom. The molecule has 1 N–H and O–H groups in total. The number of β-lactam (4-membered cyclic amide) rings is 1. The summed E-state index contributed by atoms with van der Waals surface area (Å²) in [6.45, 7) is 16.9. The predicted octanol–water partition coefficient (Wildman–Crippen LogP) is 3.39. The molecule has 1 aliphatic heterocycles. The van der Waals surface area contributed by atoms with Crippen LogP contribution in [0.5, 0.6) is 0 Å². The number of carbonyl (C=O) groups excluding carboxylic acids is 1. The molecule has 0 aromatic carbocycles. The molecular weight excluding hydrogens is 274 g/mol. The van der Waals surface area contributed by atoms with E-state index in [-0.39, 0.29) is 28.3 Å².